The summed E-state index contributed by atoms with van der Waals surface area (Å²) in [5.41, 5.74) is 0. The maximum Gasteiger partial charge on any atom is 0.191 e. The molecule has 14 heavy (non-hydrogen) atoms. The zero-order chi connectivity index (χ0) is 10.4. The molecular formula is C12H18O2. The third-order valence-electron chi connectivity index (χ3n) is 2.32. The van der Waals surface area contributed by atoms with Crippen LogP contribution >= 0.6 is 0 Å². The van der Waals surface area contributed by atoms with Crippen LogP contribution in [-0.4, -0.2) is 18.5 Å². The number of hydrogen-bond donors (Lipinski definition) is 0. The van der Waals surface area contributed by atoms with Crippen molar-refractivity contribution in [3.05, 3.63) is 38.0 Å². The van der Waals surface area contributed by atoms with E-state index < -0.39 is 5.79 Å². The highest BCUT2D eigenvalue weighted by atomic mass is 16.7. The van der Waals surface area contributed by atoms with Crippen molar-refractivity contribution in [3.8, 4) is 0 Å². The van der Waals surface area contributed by atoms with Gasteiger partial charge in [-0.25, -0.2) is 0 Å². The van der Waals surface area contributed by atoms with Crippen molar-refractivity contribution in [1.29, 1.82) is 0 Å². The normalized spacial score (nSPS) is 32.1. The summed E-state index contributed by atoms with van der Waals surface area (Å²) in [6.07, 6.45) is 7.98. The first kappa shape index (κ1) is 11.2. The van der Waals surface area contributed by atoms with Crippen LogP contribution in [0.15, 0.2) is 38.0 Å². The average Bonchev–Trinajstić information content (AvgIpc) is 2.19. The number of ether oxygens (including phenoxy) is 2. The Labute approximate surface area is 85.9 Å². The first-order chi connectivity index (χ1) is 6.76. The number of hydrogen-bond acceptors (Lipinski definition) is 2. The zero-order valence-corrected chi connectivity index (χ0v) is 8.58. The molecule has 0 saturated carbocycles. The van der Waals surface area contributed by atoms with E-state index in [9.17, 15) is 0 Å². The van der Waals surface area contributed by atoms with Gasteiger partial charge in [-0.2, -0.15) is 0 Å². The molecule has 78 valence electrons. The van der Waals surface area contributed by atoms with Gasteiger partial charge in [-0.1, -0.05) is 18.7 Å². The molecule has 0 bridgehead atoms. The van der Waals surface area contributed by atoms with E-state index in [1.54, 1.807) is 12.2 Å². The van der Waals surface area contributed by atoms with Gasteiger partial charge in [0.15, 0.2) is 5.79 Å². The minimum atomic E-state index is -0.659. The molecule has 2 unspecified atom stereocenters. The largest absolute Gasteiger partial charge is 0.346 e. The molecule has 0 amide bonds. The third-order valence-corrected chi connectivity index (χ3v) is 2.32. The lowest BCUT2D eigenvalue weighted by atomic mass is 10.1. The fourth-order valence-corrected chi connectivity index (χ4v) is 1.59. The van der Waals surface area contributed by atoms with Crippen LogP contribution in [0.4, 0.5) is 0 Å². The molecule has 2 atom stereocenters. The Balaban J connectivity index is 2.62. The highest BCUT2D eigenvalue weighted by molar-refractivity contribution is 4.97. The summed E-state index contributed by atoms with van der Waals surface area (Å²) in [7, 11) is 0. The number of rotatable bonds is 5. The third kappa shape index (κ3) is 2.56. The van der Waals surface area contributed by atoms with Crippen molar-refractivity contribution in [2.75, 3.05) is 6.61 Å². The van der Waals surface area contributed by atoms with Crippen molar-refractivity contribution in [1.82, 2.24) is 0 Å². The lowest BCUT2D eigenvalue weighted by Crippen LogP contribution is -2.42. The van der Waals surface area contributed by atoms with E-state index in [-0.39, 0.29) is 6.10 Å². The first-order valence-electron chi connectivity index (χ1n) is 4.93. The van der Waals surface area contributed by atoms with E-state index in [0.717, 1.165) is 12.8 Å². The topological polar surface area (TPSA) is 18.5 Å². The molecule has 1 aliphatic rings. The molecular weight excluding hydrogens is 176 g/mol. The highest BCUT2D eigenvalue weighted by Gasteiger charge is 2.34. The summed E-state index contributed by atoms with van der Waals surface area (Å²) >= 11 is 0. The van der Waals surface area contributed by atoms with E-state index in [4.69, 9.17) is 9.47 Å². The highest BCUT2D eigenvalue weighted by Crippen LogP contribution is 2.29. The maximum absolute atomic E-state index is 5.82. The lowest BCUT2D eigenvalue weighted by Gasteiger charge is -2.38. The van der Waals surface area contributed by atoms with Crippen LogP contribution < -0.4 is 0 Å². The molecule has 1 rings (SSSR count). The Morgan fingerprint density at radius 1 is 1.29 bits per heavy atom. The Morgan fingerprint density at radius 2 is 2.07 bits per heavy atom. The molecule has 0 aliphatic carbocycles. The molecule has 0 radical (unpaired) electrons. The summed E-state index contributed by atoms with van der Waals surface area (Å²) in [4.78, 5) is 0. The standard InChI is InChI=1S/C12H18O2/c1-4-7-11-8-10-13-12(6-3,14-11)9-5-2/h4-6,11H,1-3,7-10H2. The van der Waals surface area contributed by atoms with Gasteiger partial charge in [-0.15, -0.1) is 13.2 Å². The summed E-state index contributed by atoms with van der Waals surface area (Å²) in [5.74, 6) is -0.659. The molecule has 1 heterocycles. The Morgan fingerprint density at radius 3 is 2.64 bits per heavy atom. The summed E-state index contributed by atoms with van der Waals surface area (Å²) < 4.78 is 11.4. The van der Waals surface area contributed by atoms with Crippen LogP contribution in [-0.2, 0) is 9.47 Å². The van der Waals surface area contributed by atoms with Gasteiger partial charge in [-0.05, 0) is 18.9 Å². The van der Waals surface area contributed by atoms with Crippen LogP contribution in [0.1, 0.15) is 19.3 Å². The van der Waals surface area contributed by atoms with Crippen LogP contribution in [0.5, 0.6) is 0 Å². The minimum absolute atomic E-state index is 0.194. The molecule has 0 aromatic heterocycles. The zero-order valence-electron chi connectivity index (χ0n) is 8.58. The summed E-state index contributed by atoms with van der Waals surface area (Å²) in [6, 6.07) is 0. The summed E-state index contributed by atoms with van der Waals surface area (Å²) in [6.45, 7) is 11.9. The molecule has 1 saturated heterocycles. The van der Waals surface area contributed by atoms with Gasteiger partial charge < -0.3 is 9.47 Å². The van der Waals surface area contributed by atoms with Crippen molar-refractivity contribution < 1.29 is 9.47 Å². The van der Waals surface area contributed by atoms with Crippen LogP contribution in [0.25, 0.3) is 0 Å². The van der Waals surface area contributed by atoms with Gasteiger partial charge in [0, 0.05) is 6.42 Å². The predicted octanol–water partition coefficient (Wildman–Crippen LogP) is 2.83. The maximum atomic E-state index is 5.82. The van der Waals surface area contributed by atoms with Crippen LogP contribution in [0.3, 0.4) is 0 Å². The van der Waals surface area contributed by atoms with E-state index in [1.165, 1.54) is 0 Å². The molecule has 0 spiro atoms. The van der Waals surface area contributed by atoms with Gasteiger partial charge in [0.25, 0.3) is 0 Å². The molecule has 1 aliphatic heterocycles. The monoisotopic (exact) mass is 194 g/mol. The van der Waals surface area contributed by atoms with Crippen molar-refractivity contribution in [3.63, 3.8) is 0 Å². The molecule has 0 N–H and O–H groups in total. The van der Waals surface area contributed by atoms with Crippen molar-refractivity contribution in [2.45, 2.75) is 31.2 Å². The first-order valence-corrected chi connectivity index (χ1v) is 4.93. The van der Waals surface area contributed by atoms with Gasteiger partial charge >= 0.3 is 0 Å². The van der Waals surface area contributed by atoms with E-state index in [2.05, 4.69) is 19.7 Å². The Bertz CT molecular complexity index is 222. The van der Waals surface area contributed by atoms with E-state index in [1.807, 2.05) is 6.08 Å². The van der Waals surface area contributed by atoms with Gasteiger partial charge in [0.05, 0.1) is 12.7 Å². The second-order valence-corrected chi connectivity index (χ2v) is 3.41. The fraction of sp³-hybridized carbons (Fsp3) is 0.500. The molecule has 0 aromatic carbocycles. The Kier molecular flexibility index (Phi) is 4.11. The van der Waals surface area contributed by atoms with Crippen molar-refractivity contribution >= 4 is 0 Å². The lowest BCUT2D eigenvalue weighted by molar-refractivity contribution is -0.262. The minimum Gasteiger partial charge on any atom is -0.346 e. The second-order valence-electron chi connectivity index (χ2n) is 3.41. The quantitative estimate of drug-likeness (QED) is 0.626. The van der Waals surface area contributed by atoms with Gasteiger partial charge in [0.1, 0.15) is 0 Å². The van der Waals surface area contributed by atoms with Gasteiger partial charge in [-0.3, -0.25) is 0 Å². The van der Waals surface area contributed by atoms with E-state index >= 15 is 0 Å². The Hall–Kier alpha value is -0.860. The molecule has 0 aromatic rings. The SMILES string of the molecule is C=CCC1CCOC(C=C)(CC=C)O1. The molecule has 2 nitrogen and oxygen atoms in total. The van der Waals surface area contributed by atoms with E-state index in [0.29, 0.717) is 13.0 Å². The van der Waals surface area contributed by atoms with Crippen LogP contribution in [0, 0.1) is 0 Å². The van der Waals surface area contributed by atoms with Crippen molar-refractivity contribution in [2.24, 2.45) is 0 Å². The molecule has 2 heteroatoms. The predicted molar refractivity (Wildman–Crippen MR) is 58.0 cm³/mol. The molecule has 1 fully saturated rings. The average molecular weight is 194 g/mol. The smallest absolute Gasteiger partial charge is 0.191 e. The van der Waals surface area contributed by atoms with Crippen LogP contribution in [0.2, 0.25) is 0 Å². The second kappa shape index (κ2) is 5.13. The van der Waals surface area contributed by atoms with Gasteiger partial charge in [0.2, 0.25) is 0 Å². The fourth-order valence-electron chi connectivity index (χ4n) is 1.59. The summed E-state index contributed by atoms with van der Waals surface area (Å²) in [5, 5.41) is 0.